The van der Waals surface area contributed by atoms with Crippen molar-refractivity contribution in [1.29, 1.82) is 0 Å². The van der Waals surface area contributed by atoms with Crippen molar-refractivity contribution in [2.24, 2.45) is 0 Å². The first-order chi connectivity index (χ1) is 16.1. The summed E-state index contributed by atoms with van der Waals surface area (Å²) in [6.07, 6.45) is -3.39. The fourth-order valence-corrected chi connectivity index (χ4v) is 5.04. The van der Waals surface area contributed by atoms with Crippen molar-refractivity contribution in [1.82, 2.24) is 9.21 Å². The molecule has 3 rings (SSSR count). The molecule has 1 aliphatic heterocycles. The molecule has 0 spiro atoms. The van der Waals surface area contributed by atoms with Crippen LogP contribution in [0.5, 0.6) is 5.75 Å². The number of anilines is 1. The molecular weight excluding hydrogens is 471 g/mol. The lowest BCUT2D eigenvalue weighted by molar-refractivity contribution is -0.137. The van der Waals surface area contributed by atoms with E-state index >= 15 is 0 Å². The Morgan fingerprint density at radius 1 is 1.12 bits per heavy atom. The number of piperazine rings is 1. The quantitative estimate of drug-likeness (QED) is 0.524. The summed E-state index contributed by atoms with van der Waals surface area (Å²) >= 11 is 0. The molecule has 1 fully saturated rings. The molecule has 34 heavy (non-hydrogen) atoms. The van der Waals surface area contributed by atoms with Crippen molar-refractivity contribution in [2.75, 3.05) is 51.3 Å². The Morgan fingerprint density at radius 2 is 1.76 bits per heavy atom. The second kappa shape index (κ2) is 10.5. The average Bonchev–Trinajstić information content (AvgIpc) is 2.83. The van der Waals surface area contributed by atoms with Crippen molar-refractivity contribution in [3.8, 4) is 5.75 Å². The number of hydrogen-bond donors (Lipinski definition) is 0. The number of sulfonamides is 1. The van der Waals surface area contributed by atoms with Gasteiger partial charge in [-0.15, -0.1) is 6.58 Å². The van der Waals surface area contributed by atoms with Crippen LogP contribution in [-0.2, 0) is 21.0 Å². The minimum Gasteiger partial charge on any atom is -0.497 e. The molecule has 0 atom stereocenters. The van der Waals surface area contributed by atoms with Crippen LogP contribution >= 0.6 is 0 Å². The van der Waals surface area contributed by atoms with Crippen LogP contribution in [0.4, 0.5) is 18.9 Å². The van der Waals surface area contributed by atoms with Crippen LogP contribution in [0.25, 0.3) is 0 Å². The molecular formula is C23H26F3N3O4S. The lowest BCUT2D eigenvalue weighted by Crippen LogP contribution is -2.51. The molecule has 0 saturated carbocycles. The summed E-state index contributed by atoms with van der Waals surface area (Å²) in [6.45, 7) is 4.69. The van der Waals surface area contributed by atoms with Crippen LogP contribution in [0.3, 0.4) is 0 Å². The number of carbonyl (C=O) groups excluding carboxylic acids is 1. The summed E-state index contributed by atoms with van der Waals surface area (Å²) in [5.74, 6) is 0.314. The molecule has 0 N–H and O–H groups in total. The van der Waals surface area contributed by atoms with Gasteiger partial charge in [-0.25, -0.2) is 8.42 Å². The van der Waals surface area contributed by atoms with Crippen LogP contribution < -0.4 is 9.64 Å². The summed E-state index contributed by atoms with van der Waals surface area (Å²) in [6, 6.07) is 11.0. The molecule has 184 valence electrons. The van der Waals surface area contributed by atoms with Crippen molar-refractivity contribution in [3.05, 3.63) is 66.7 Å². The number of halogens is 3. The largest absolute Gasteiger partial charge is 0.497 e. The van der Waals surface area contributed by atoms with Crippen LogP contribution in [-0.4, -0.2) is 69.9 Å². The Morgan fingerprint density at radius 3 is 2.32 bits per heavy atom. The molecule has 1 saturated heterocycles. The van der Waals surface area contributed by atoms with Gasteiger partial charge in [0, 0.05) is 38.4 Å². The van der Waals surface area contributed by atoms with E-state index in [0.29, 0.717) is 32.2 Å². The Labute approximate surface area is 197 Å². The van der Waals surface area contributed by atoms with Crippen molar-refractivity contribution in [2.45, 2.75) is 11.1 Å². The predicted molar refractivity (Wildman–Crippen MR) is 122 cm³/mol. The molecule has 0 aromatic heterocycles. The number of methoxy groups -OCH3 is 1. The van der Waals surface area contributed by atoms with E-state index in [2.05, 4.69) is 11.5 Å². The molecule has 2 aromatic carbocycles. The third kappa shape index (κ3) is 5.89. The maximum absolute atomic E-state index is 13.1. The first kappa shape index (κ1) is 25.6. The van der Waals surface area contributed by atoms with Gasteiger partial charge in [-0.05, 0) is 42.5 Å². The molecule has 1 amide bonds. The highest BCUT2D eigenvalue weighted by molar-refractivity contribution is 7.89. The van der Waals surface area contributed by atoms with E-state index in [1.54, 1.807) is 12.0 Å². The molecule has 1 heterocycles. The van der Waals surface area contributed by atoms with E-state index in [9.17, 15) is 26.4 Å². The Kier molecular flexibility index (Phi) is 7.88. The van der Waals surface area contributed by atoms with Gasteiger partial charge in [0.15, 0.2) is 0 Å². The first-order valence-corrected chi connectivity index (χ1v) is 12.0. The molecule has 7 nitrogen and oxygen atoms in total. The number of amides is 1. The van der Waals surface area contributed by atoms with Gasteiger partial charge in [0.05, 0.1) is 24.1 Å². The number of benzene rings is 2. The van der Waals surface area contributed by atoms with E-state index in [0.717, 1.165) is 33.9 Å². The first-order valence-electron chi connectivity index (χ1n) is 10.5. The summed E-state index contributed by atoms with van der Waals surface area (Å²) in [5, 5.41) is 0. The van der Waals surface area contributed by atoms with E-state index in [1.165, 1.54) is 6.08 Å². The Balaban J connectivity index is 1.68. The van der Waals surface area contributed by atoms with E-state index < -0.39 is 39.1 Å². The van der Waals surface area contributed by atoms with Crippen LogP contribution in [0.1, 0.15) is 5.56 Å². The zero-order valence-electron chi connectivity index (χ0n) is 18.7. The van der Waals surface area contributed by atoms with E-state index in [-0.39, 0.29) is 6.54 Å². The normalized spacial score (nSPS) is 14.9. The van der Waals surface area contributed by atoms with Crippen LogP contribution in [0.2, 0.25) is 0 Å². The smallest absolute Gasteiger partial charge is 0.416 e. The van der Waals surface area contributed by atoms with Crippen molar-refractivity contribution < 1.29 is 31.1 Å². The second-order valence-corrected chi connectivity index (χ2v) is 9.62. The van der Waals surface area contributed by atoms with E-state index in [4.69, 9.17) is 4.74 Å². The number of nitrogens with zero attached hydrogens (tertiary/aromatic N) is 3. The lowest BCUT2D eigenvalue weighted by Gasteiger charge is -2.37. The van der Waals surface area contributed by atoms with Gasteiger partial charge >= 0.3 is 6.18 Å². The van der Waals surface area contributed by atoms with E-state index in [1.807, 2.05) is 24.3 Å². The molecule has 2 aromatic rings. The highest BCUT2D eigenvalue weighted by Crippen LogP contribution is 2.31. The highest BCUT2D eigenvalue weighted by atomic mass is 32.2. The maximum Gasteiger partial charge on any atom is 0.416 e. The zero-order chi connectivity index (χ0) is 24.9. The number of hydrogen-bond acceptors (Lipinski definition) is 5. The second-order valence-electron chi connectivity index (χ2n) is 7.68. The van der Waals surface area contributed by atoms with Gasteiger partial charge in [-0.3, -0.25) is 4.79 Å². The third-order valence-electron chi connectivity index (χ3n) is 5.51. The SMILES string of the molecule is C=CCN(CC(=O)N1CCN(c2ccc(OC)cc2)CC1)S(=O)(=O)c1cccc(C(F)(F)F)c1. The molecule has 0 unspecified atom stereocenters. The number of ether oxygens (including phenoxy) is 1. The van der Waals surface area contributed by atoms with Gasteiger partial charge in [-0.1, -0.05) is 12.1 Å². The summed E-state index contributed by atoms with van der Waals surface area (Å²) in [7, 11) is -2.76. The van der Waals surface area contributed by atoms with Gasteiger partial charge in [0.25, 0.3) is 0 Å². The zero-order valence-corrected chi connectivity index (χ0v) is 19.5. The molecule has 0 aliphatic carbocycles. The van der Waals surface area contributed by atoms with Gasteiger partial charge in [-0.2, -0.15) is 17.5 Å². The Hall–Kier alpha value is -3.05. The number of alkyl halides is 3. The van der Waals surface area contributed by atoms with Crippen molar-refractivity contribution in [3.63, 3.8) is 0 Å². The number of rotatable bonds is 8. The minimum absolute atomic E-state index is 0.212. The summed E-state index contributed by atoms with van der Waals surface area (Å²) in [5.41, 5.74) is -0.0959. The standard InChI is InChI=1S/C23H26F3N3O4S/c1-3-11-29(34(31,32)21-6-4-5-18(16-21)23(24,25)26)17-22(30)28-14-12-27(13-15-28)19-7-9-20(33-2)10-8-19/h3-10,16H,1,11-15,17H2,2H3. The van der Waals surface area contributed by atoms with Crippen molar-refractivity contribution >= 4 is 21.6 Å². The fraction of sp³-hybridized carbons (Fsp3) is 0.348. The van der Waals surface area contributed by atoms with Gasteiger partial charge in [0.2, 0.25) is 15.9 Å². The predicted octanol–water partition coefficient (Wildman–Crippen LogP) is 3.24. The summed E-state index contributed by atoms with van der Waals surface area (Å²) < 4.78 is 71.2. The average molecular weight is 498 g/mol. The fourth-order valence-electron chi connectivity index (χ4n) is 3.63. The topological polar surface area (TPSA) is 70.2 Å². The monoisotopic (exact) mass is 497 g/mol. The third-order valence-corrected chi connectivity index (χ3v) is 7.32. The maximum atomic E-state index is 13.1. The van der Waals surface area contributed by atoms with Crippen LogP contribution in [0.15, 0.2) is 66.1 Å². The van der Waals surface area contributed by atoms with Gasteiger partial charge in [0.1, 0.15) is 5.75 Å². The Bertz CT molecular complexity index is 1110. The summed E-state index contributed by atoms with van der Waals surface area (Å²) in [4.78, 5) is 16.0. The van der Waals surface area contributed by atoms with Crippen LogP contribution in [0, 0.1) is 0 Å². The lowest BCUT2D eigenvalue weighted by atomic mass is 10.2. The molecule has 0 bridgehead atoms. The highest BCUT2D eigenvalue weighted by Gasteiger charge is 2.34. The molecule has 0 radical (unpaired) electrons. The molecule has 11 heteroatoms. The minimum atomic E-state index is -4.69. The molecule has 1 aliphatic rings. The number of carbonyl (C=O) groups is 1. The van der Waals surface area contributed by atoms with Gasteiger partial charge < -0.3 is 14.5 Å².